The number of nitrogens with one attached hydrogen (secondary N) is 1. The molecule has 0 saturated heterocycles. The number of ketones is 1. The molecule has 16 heteroatoms. The molecule has 3 aromatic carbocycles. The number of fused-ring (bicyclic) bond motifs is 1. The number of carbonyl (C=O) groups is 2. The molecule has 1 unspecified atom stereocenters. The van der Waals surface area contributed by atoms with E-state index in [1.54, 1.807) is 18.2 Å². The van der Waals surface area contributed by atoms with E-state index in [1.807, 2.05) is 0 Å². The van der Waals surface area contributed by atoms with E-state index >= 15 is 0 Å². The summed E-state index contributed by atoms with van der Waals surface area (Å²) in [5.74, 6) is -1.26. The Hall–Kier alpha value is -4.09. The van der Waals surface area contributed by atoms with Crippen LogP contribution in [0.5, 0.6) is 5.75 Å². The van der Waals surface area contributed by atoms with Crippen molar-refractivity contribution < 1.29 is 40.3 Å². The fraction of sp³-hybridized carbons (Fsp3) is 0.160. The number of para-hydroxylation sites is 2. The number of nitrogens with zero attached hydrogens (tertiary/aromatic N) is 3. The molecule has 0 aliphatic carbocycles. The van der Waals surface area contributed by atoms with E-state index in [0.717, 1.165) is 30.4 Å². The number of aryl methyl sites for hydroxylation is 1. The minimum absolute atomic E-state index is 0.0793. The van der Waals surface area contributed by atoms with Gasteiger partial charge in [0.25, 0.3) is 5.91 Å². The lowest BCUT2D eigenvalue weighted by molar-refractivity contribution is -0.126. The number of hydrogen-bond acceptors (Lipinski definition) is 13. The normalized spacial score (nSPS) is 12.9. The van der Waals surface area contributed by atoms with Gasteiger partial charge in [0.1, 0.15) is 36.7 Å². The van der Waals surface area contributed by atoms with Gasteiger partial charge < -0.3 is 19.2 Å². The summed E-state index contributed by atoms with van der Waals surface area (Å²) in [5, 5.41) is 10.1. The molecule has 1 aromatic heterocycles. The fourth-order valence-corrected chi connectivity index (χ4v) is 6.73. The molecule has 0 aliphatic heterocycles. The Morgan fingerprint density at radius 2 is 1.73 bits per heavy atom. The zero-order chi connectivity index (χ0) is 30.1. The number of thiazole rings is 1. The lowest BCUT2D eigenvalue weighted by Gasteiger charge is -2.13. The monoisotopic (exact) mass is 616 g/mol. The quantitative estimate of drug-likeness (QED) is 0.163. The highest BCUT2D eigenvalue weighted by Crippen LogP contribution is 2.38. The van der Waals surface area contributed by atoms with E-state index in [1.165, 1.54) is 38.3 Å². The van der Waals surface area contributed by atoms with E-state index in [-0.39, 0.29) is 32.0 Å². The van der Waals surface area contributed by atoms with E-state index in [0.29, 0.717) is 5.75 Å². The van der Waals surface area contributed by atoms with Crippen LogP contribution < -0.4 is 10.1 Å². The summed E-state index contributed by atoms with van der Waals surface area (Å²) < 4.78 is 77.0. The number of hydrogen-bond donors (Lipinski definition) is 1. The molecular weight excluding hydrogens is 596 g/mol. The molecule has 41 heavy (non-hydrogen) atoms. The van der Waals surface area contributed by atoms with E-state index in [9.17, 15) is 35.5 Å². The second-order valence-corrected chi connectivity index (χ2v) is 12.3. The predicted molar refractivity (Wildman–Crippen MR) is 146 cm³/mol. The Bertz CT molecular complexity index is 1930. The van der Waals surface area contributed by atoms with Gasteiger partial charge in [0.15, 0.2) is 5.78 Å². The largest absolute Gasteiger partial charge is 0.744 e. The average Bonchev–Trinajstić information content (AvgIpc) is 3.31. The summed E-state index contributed by atoms with van der Waals surface area (Å²) in [6.07, 6.45) is 0. The maximum absolute atomic E-state index is 12.8. The van der Waals surface area contributed by atoms with Crippen molar-refractivity contribution in [3.05, 3.63) is 60.2 Å². The van der Waals surface area contributed by atoms with Crippen LogP contribution in [-0.4, -0.2) is 55.8 Å². The number of amides is 1. The van der Waals surface area contributed by atoms with Crippen LogP contribution in [0.4, 0.5) is 11.4 Å². The molecule has 1 N–H and O–H groups in total. The van der Waals surface area contributed by atoms with Crippen LogP contribution in [0.15, 0.2) is 74.6 Å². The molecule has 1 atom stereocenters. The summed E-state index contributed by atoms with van der Waals surface area (Å²) >= 11 is 0.824. The van der Waals surface area contributed by atoms with Crippen molar-refractivity contribution in [3.63, 3.8) is 0 Å². The molecule has 0 spiro atoms. The van der Waals surface area contributed by atoms with Crippen LogP contribution in [0.3, 0.4) is 0 Å². The van der Waals surface area contributed by atoms with Crippen molar-refractivity contribution >= 4 is 64.9 Å². The molecule has 4 rings (SSSR count). The van der Waals surface area contributed by atoms with Crippen molar-refractivity contribution in [1.29, 1.82) is 0 Å². The van der Waals surface area contributed by atoms with Gasteiger partial charge in [0, 0.05) is 5.56 Å². The minimum atomic E-state index is -5.15. The van der Waals surface area contributed by atoms with Gasteiger partial charge in [-0.2, -0.15) is 10.2 Å². The van der Waals surface area contributed by atoms with Crippen molar-refractivity contribution in [1.82, 2.24) is 4.98 Å². The fourth-order valence-electron chi connectivity index (χ4n) is 3.82. The van der Waals surface area contributed by atoms with E-state index in [2.05, 4.69) is 20.5 Å². The van der Waals surface area contributed by atoms with Gasteiger partial charge in [-0.3, -0.25) is 9.59 Å². The number of anilines is 1. The van der Waals surface area contributed by atoms with Crippen LogP contribution in [-0.2, 0) is 29.8 Å². The highest BCUT2D eigenvalue weighted by Gasteiger charge is 2.25. The standard InChI is InChI=1S/C25H22N4O9S3/c1-13-8-10-18-22(23(13)41(35,36)37)39-25(27-18)15-9-11-17(20(12-15)40(32,33)34)28-29-21(14(2)30)24(31)26-16-6-4-5-7-19(16)38-3/h4-12,21H,1-3H3,(H,26,31)(H,32,33,34)(H,35,36,37)/p-2. The number of aromatic nitrogens is 1. The van der Waals surface area contributed by atoms with Crippen molar-refractivity contribution in [2.75, 3.05) is 12.4 Å². The highest BCUT2D eigenvalue weighted by molar-refractivity contribution is 7.86. The maximum Gasteiger partial charge on any atom is 0.258 e. The first-order chi connectivity index (χ1) is 19.2. The van der Waals surface area contributed by atoms with Gasteiger partial charge in [-0.05, 0) is 55.8 Å². The van der Waals surface area contributed by atoms with Gasteiger partial charge >= 0.3 is 0 Å². The first-order valence-electron chi connectivity index (χ1n) is 11.5. The number of methoxy groups -OCH3 is 1. The number of Topliss-reactive ketones (excluding diaryl/α,β-unsaturated/α-hetero) is 1. The zero-order valence-electron chi connectivity index (χ0n) is 21.5. The van der Waals surface area contributed by atoms with Crippen molar-refractivity contribution in [2.45, 2.75) is 29.7 Å². The van der Waals surface area contributed by atoms with E-state index in [4.69, 9.17) is 4.74 Å². The number of rotatable bonds is 9. The molecule has 0 radical (unpaired) electrons. The molecule has 1 heterocycles. The van der Waals surface area contributed by atoms with Crippen molar-refractivity contribution in [3.8, 4) is 16.3 Å². The Balaban J connectivity index is 1.73. The van der Waals surface area contributed by atoms with Gasteiger partial charge in [0.2, 0.25) is 6.04 Å². The summed E-state index contributed by atoms with van der Waals surface area (Å²) in [5.41, 5.74) is 0.331. The lowest BCUT2D eigenvalue weighted by atomic mass is 10.2. The van der Waals surface area contributed by atoms with Gasteiger partial charge in [0.05, 0.1) is 32.8 Å². The molecular formula is C25H20N4O9S3-2. The summed E-state index contributed by atoms with van der Waals surface area (Å²) in [7, 11) is -8.60. The van der Waals surface area contributed by atoms with Crippen LogP contribution in [0.1, 0.15) is 12.5 Å². The molecule has 1 amide bonds. The first-order valence-corrected chi connectivity index (χ1v) is 15.2. The first kappa shape index (κ1) is 29.9. The molecule has 0 fully saturated rings. The minimum Gasteiger partial charge on any atom is -0.744 e. The molecule has 0 saturated carbocycles. The second kappa shape index (κ2) is 11.4. The molecule has 4 aromatic rings. The molecule has 13 nitrogen and oxygen atoms in total. The Morgan fingerprint density at radius 3 is 2.37 bits per heavy atom. The molecule has 0 bridgehead atoms. The van der Waals surface area contributed by atoms with E-state index < -0.39 is 53.4 Å². The van der Waals surface area contributed by atoms with Crippen LogP contribution in [0.25, 0.3) is 20.8 Å². The van der Waals surface area contributed by atoms with Crippen molar-refractivity contribution in [2.24, 2.45) is 10.2 Å². The van der Waals surface area contributed by atoms with Gasteiger partial charge in [-0.1, -0.05) is 18.2 Å². The number of carbonyl (C=O) groups excluding carboxylic acids is 2. The second-order valence-electron chi connectivity index (χ2n) is 8.59. The topological polar surface area (TPSA) is 207 Å². The predicted octanol–water partition coefficient (Wildman–Crippen LogP) is 3.77. The summed E-state index contributed by atoms with van der Waals surface area (Å²) in [4.78, 5) is 28.0. The molecule has 0 aliphatic rings. The third-order valence-electron chi connectivity index (χ3n) is 5.71. The highest BCUT2D eigenvalue weighted by atomic mass is 32.2. The Kier molecular flexibility index (Phi) is 8.32. The number of ether oxygens (including phenoxy) is 1. The Morgan fingerprint density at radius 1 is 1.02 bits per heavy atom. The van der Waals surface area contributed by atoms with Crippen LogP contribution >= 0.6 is 11.3 Å². The number of benzene rings is 3. The van der Waals surface area contributed by atoms with Crippen LogP contribution in [0.2, 0.25) is 0 Å². The third kappa shape index (κ3) is 6.47. The summed E-state index contributed by atoms with van der Waals surface area (Å²) in [6.45, 7) is 2.54. The summed E-state index contributed by atoms with van der Waals surface area (Å²) in [6, 6.07) is 11.1. The third-order valence-corrected chi connectivity index (χ3v) is 8.87. The van der Waals surface area contributed by atoms with Gasteiger partial charge in [-0.25, -0.2) is 21.8 Å². The lowest BCUT2D eigenvalue weighted by Crippen LogP contribution is -2.32. The van der Waals surface area contributed by atoms with Crippen LogP contribution in [0, 0.1) is 6.92 Å². The zero-order valence-corrected chi connectivity index (χ0v) is 24.0. The molecule has 214 valence electrons. The SMILES string of the molecule is COc1ccccc1NC(=O)C(N=Nc1ccc(-c2nc3ccc(C)c(S(=O)(=O)[O-])c3s2)cc1S(=O)(=O)[O-])C(C)=O. The van der Waals surface area contributed by atoms with Gasteiger partial charge in [-0.15, -0.1) is 11.3 Å². The smallest absolute Gasteiger partial charge is 0.258 e. The maximum atomic E-state index is 12.8. The average molecular weight is 617 g/mol. The number of azo groups is 1. The Labute approximate surface area is 238 Å².